The van der Waals surface area contributed by atoms with Gasteiger partial charge in [-0.2, -0.15) is 0 Å². The number of ether oxygens (including phenoxy) is 4. The van der Waals surface area contributed by atoms with Crippen LogP contribution in [0.2, 0.25) is 0 Å². The maximum atomic E-state index is 13.1. The minimum Gasteiger partial charge on any atom is -0.462 e. The van der Waals surface area contributed by atoms with E-state index in [0.717, 1.165) is 114 Å². The zero-order valence-corrected chi connectivity index (χ0v) is 72.6. The molecule has 0 rings (SSSR count). The summed E-state index contributed by atoms with van der Waals surface area (Å²) in [5.41, 5.74) is 0. The first-order chi connectivity index (χ1) is 51.6. The molecule has 0 aromatic carbocycles. The first-order valence-electron chi connectivity index (χ1n) is 45.2. The normalized spacial score (nSPS) is 13.9. The van der Waals surface area contributed by atoms with Crippen LogP contribution < -0.4 is 0 Å². The summed E-state index contributed by atoms with van der Waals surface area (Å²) in [6.07, 6.45) is 66.9. The lowest BCUT2D eigenvalue weighted by Gasteiger charge is -2.21. The van der Waals surface area contributed by atoms with Gasteiger partial charge in [0.05, 0.1) is 26.4 Å². The van der Waals surface area contributed by atoms with Crippen molar-refractivity contribution in [3.8, 4) is 0 Å². The molecule has 0 aliphatic rings. The molecule has 0 fully saturated rings. The predicted molar refractivity (Wildman–Crippen MR) is 441 cm³/mol. The number of aliphatic hydroxyl groups excluding tert-OH is 1. The fourth-order valence-electron chi connectivity index (χ4n) is 13.7. The summed E-state index contributed by atoms with van der Waals surface area (Å²) in [5, 5.41) is 10.7. The van der Waals surface area contributed by atoms with E-state index in [9.17, 15) is 43.2 Å². The average molecular weight is 1560 g/mol. The molecule has 0 radical (unpaired) electrons. The highest BCUT2D eigenvalue weighted by Gasteiger charge is 2.31. The zero-order chi connectivity index (χ0) is 78.8. The van der Waals surface area contributed by atoms with Crippen molar-refractivity contribution in [1.29, 1.82) is 0 Å². The van der Waals surface area contributed by atoms with Crippen LogP contribution in [0.5, 0.6) is 0 Å². The summed E-state index contributed by atoms with van der Waals surface area (Å²) < 4.78 is 68.9. The van der Waals surface area contributed by atoms with Gasteiger partial charge in [0.1, 0.15) is 19.3 Å². The Morgan fingerprint density at radius 3 is 0.579 bits per heavy atom. The van der Waals surface area contributed by atoms with E-state index < -0.39 is 97.5 Å². The first kappa shape index (κ1) is 105. The van der Waals surface area contributed by atoms with Gasteiger partial charge in [0.2, 0.25) is 0 Å². The Morgan fingerprint density at radius 2 is 0.393 bits per heavy atom. The van der Waals surface area contributed by atoms with Gasteiger partial charge in [-0.3, -0.25) is 37.3 Å². The van der Waals surface area contributed by atoms with Crippen molar-refractivity contribution in [1.82, 2.24) is 0 Å². The predicted octanol–water partition coefficient (Wildman–Crippen LogP) is 26.7. The monoisotopic (exact) mass is 1560 g/mol. The van der Waals surface area contributed by atoms with Gasteiger partial charge in [0, 0.05) is 25.7 Å². The lowest BCUT2D eigenvalue weighted by molar-refractivity contribution is -0.161. The molecular formula is C88H172O17P2. The van der Waals surface area contributed by atoms with E-state index >= 15 is 0 Å². The van der Waals surface area contributed by atoms with Gasteiger partial charge in [-0.1, -0.05) is 409 Å². The second-order valence-corrected chi connectivity index (χ2v) is 36.4. The van der Waals surface area contributed by atoms with Crippen LogP contribution in [0.25, 0.3) is 0 Å². The minimum atomic E-state index is -4.97. The van der Waals surface area contributed by atoms with Crippen LogP contribution >= 0.6 is 15.6 Å². The number of esters is 4. The molecule has 17 nitrogen and oxygen atoms in total. The third-order valence-electron chi connectivity index (χ3n) is 20.6. The van der Waals surface area contributed by atoms with Crippen molar-refractivity contribution < 1.29 is 80.2 Å². The highest BCUT2D eigenvalue weighted by Crippen LogP contribution is 2.45. The topological polar surface area (TPSA) is 237 Å². The summed E-state index contributed by atoms with van der Waals surface area (Å²) in [6.45, 7) is 14.3. The molecule has 0 saturated carbocycles. The third-order valence-corrected chi connectivity index (χ3v) is 22.5. The number of carbonyl (C=O) groups excluding carboxylic acids is 4. The Hall–Kier alpha value is -1.94. The molecule has 0 aliphatic heterocycles. The summed E-state index contributed by atoms with van der Waals surface area (Å²) in [5.74, 6) is 1.00. The maximum absolute atomic E-state index is 13.1. The van der Waals surface area contributed by atoms with Crippen molar-refractivity contribution in [2.24, 2.45) is 23.7 Å². The van der Waals surface area contributed by atoms with E-state index in [2.05, 4.69) is 55.4 Å². The minimum absolute atomic E-state index is 0.107. The van der Waals surface area contributed by atoms with Crippen LogP contribution in [0, 0.1) is 23.7 Å². The van der Waals surface area contributed by atoms with Crippen molar-refractivity contribution in [2.75, 3.05) is 39.6 Å². The molecule has 3 unspecified atom stereocenters. The summed E-state index contributed by atoms with van der Waals surface area (Å²) >= 11 is 0. The summed E-state index contributed by atoms with van der Waals surface area (Å²) in [4.78, 5) is 73.2. The molecule has 0 amide bonds. The quantitative estimate of drug-likeness (QED) is 0.0222. The standard InChI is InChI=1S/C88H172O17P2/c1-78(2)64-56-48-40-34-28-22-17-13-9-11-15-19-25-32-38-44-54-62-70-87(92)104-83(74-98-85(90)68-60-52-43-37-31-27-21-24-30-36-42-50-58-66-80(5)6)76-102-106(94,95)100-72-82(89)73-101-107(96,97)103-77-84(75-99-86(91)69-61-53-47-46-51-59-67-81(7)8)105-88(93)71-63-55-45-39-33-26-20-16-12-10-14-18-23-29-35-41-49-57-65-79(3)4/h78-84,89H,9-77H2,1-8H3,(H,94,95)(H,96,97)/t82?,83-,84-/m1/s1. The average Bonchev–Trinajstić information content (AvgIpc) is 0.904. The molecule has 0 bridgehead atoms. The Labute approximate surface area is 658 Å². The number of aliphatic hydroxyl groups is 1. The van der Waals surface area contributed by atoms with Crippen LogP contribution in [0.3, 0.4) is 0 Å². The van der Waals surface area contributed by atoms with Gasteiger partial charge in [0.15, 0.2) is 12.2 Å². The van der Waals surface area contributed by atoms with E-state index in [-0.39, 0.29) is 25.7 Å². The molecule has 0 spiro atoms. The smallest absolute Gasteiger partial charge is 0.462 e. The Balaban J connectivity index is 5.19. The van der Waals surface area contributed by atoms with E-state index in [4.69, 9.17) is 37.0 Å². The van der Waals surface area contributed by atoms with E-state index in [1.807, 2.05) is 0 Å². The SMILES string of the molecule is CC(C)CCCCCCCCCCCCCCCCCCCCC(=O)O[C@H](COC(=O)CCCCCCCCCCCCCCCC(C)C)COP(=O)(O)OCC(O)COP(=O)(O)OC[C@@H](COC(=O)CCCCCCCCC(C)C)OC(=O)CCCCCCCCCCCCCCCCCCCCC(C)C. The van der Waals surface area contributed by atoms with Crippen LogP contribution in [0.15, 0.2) is 0 Å². The molecule has 0 aromatic rings. The van der Waals surface area contributed by atoms with E-state index in [0.29, 0.717) is 31.6 Å². The number of hydrogen-bond acceptors (Lipinski definition) is 15. The highest BCUT2D eigenvalue weighted by atomic mass is 31.2. The van der Waals surface area contributed by atoms with Crippen LogP contribution in [-0.2, 0) is 65.4 Å². The van der Waals surface area contributed by atoms with Gasteiger partial charge in [0.25, 0.3) is 0 Å². The number of phosphoric ester groups is 2. The molecule has 3 N–H and O–H groups in total. The number of phosphoric acid groups is 2. The van der Waals surface area contributed by atoms with Crippen LogP contribution in [0.1, 0.15) is 460 Å². The Morgan fingerprint density at radius 1 is 0.234 bits per heavy atom. The van der Waals surface area contributed by atoms with E-state index in [1.54, 1.807) is 0 Å². The molecule has 0 aromatic heterocycles. The molecule has 0 heterocycles. The van der Waals surface area contributed by atoms with Crippen LogP contribution in [0.4, 0.5) is 0 Å². The fourth-order valence-corrected chi connectivity index (χ4v) is 15.3. The van der Waals surface area contributed by atoms with Gasteiger partial charge >= 0.3 is 39.5 Å². The van der Waals surface area contributed by atoms with Crippen LogP contribution in [-0.4, -0.2) is 96.7 Å². The lowest BCUT2D eigenvalue weighted by atomic mass is 10.0. The lowest BCUT2D eigenvalue weighted by Crippen LogP contribution is -2.30. The number of unbranched alkanes of at least 4 members (excludes halogenated alkanes) is 51. The first-order valence-corrected chi connectivity index (χ1v) is 48.2. The van der Waals surface area contributed by atoms with E-state index in [1.165, 1.54) is 257 Å². The van der Waals surface area contributed by atoms with Crippen molar-refractivity contribution >= 4 is 39.5 Å². The summed E-state index contributed by atoms with van der Waals surface area (Å²) in [6, 6.07) is 0. The van der Waals surface area contributed by atoms with Gasteiger partial charge in [-0.25, -0.2) is 9.13 Å². The maximum Gasteiger partial charge on any atom is 0.472 e. The second-order valence-electron chi connectivity index (χ2n) is 33.5. The zero-order valence-electron chi connectivity index (χ0n) is 70.8. The Bertz CT molecular complexity index is 2080. The van der Waals surface area contributed by atoms with Gasteiger partial charge in [-0.05, 0) is 49.4 Å². The molecule has 19 heteroatoms. The number of carbonyl (C=O) groups is 4. The number of hydrogen-bond donors (Lipinski definition) is 3. The van der Waals surface area contributed by atoms with Crippen molar-refractivity contribution in [2.45, 2.75) is 478 Å². The van der Waals surface area contributed by atoms with Crippen molar-refractivity contribution in [3.63, 3.8) is 0 Å². The fraction of sp³-hybridized carbons (Fsp3) is 0.955. The van der Waals surface area contributed by atoms with Crippen molar-refractivity contribution in [3.05, 3.63) is 0 Å². The third kappa shape index (κ3) is 81.9. The Kier molecular flexibility index (Phi) is 75.3. The van der Waals surface area contributed by atoms with Gasteiger partial charge < -0.3 is 33.8 Å². The largest absolute Gasteiger partial charge is 0.472 e. The van der Waals surface area contributed by atoms with Gasteiger partial charge in [-0.15, -0.1) is 0 Å². The molecule has 5 atom stereocenters. The molecular weight excluding hydrogens is 1390 g/mol. The second kappa shape index (κ2) is 76.7. The molecule has 107 heavy (non-hydrogen) atoms. The molecule has 0 aliphatic carbocycles. The highest BCUT2D eigenvalue weighted by molar-refractivity contribution is 7.47. The number of rotatable bonds is 85. The molecule has 636 valence electrons. The molecule has 0 saturated heterocycles. The summed E-state index contributed by atoms with van der Waals surface area (Å²) in [7, 11) is -9.93.